The largest absolute Gasteiger partial charge is 0.311 e. The molecule has 0 fully saturated rings. The fraction of sp³-hybridized carbons (Fsp3) is 0.0156. The lowest BCUT2D eigenvalue weighted by Crippen LogP contribution is -2.28. The van der Waals surface area contributed by atoms with Crippen LogP contribution in [0.2, 0.25) is 0 Å². The van der Waals surface area contributed by atoms with Crippen molar-refractivity contribution in [2.45, 2.75) is 10.8 Å². The number of hydrogen-bond acceptors (Lipinski definition) is 4. The maximum Gasteiger partial charge on any atom is 0.0714 e. The lowest BCUT2D eigenvalue weighted by atomic mass is 9.67. The van der Waals surface area contributed by atoms with Crippen molar-refractivity contribution in [3.63, 3.8) is 0 Å². The fourth-order valence-corrected chi connectivity index (χ4v) is 20.2. The third-order valence-corrected chi connectivity index (χ3v) is 26.3. The van der Waals surface area contributed by atoms with Gasteiger partial charge in [-0.05, 0) is 262 Å². The van der Waals surface area contributed by atoms with Crippen LogP contribution in [0, 0.1) is 0 Å². The minimum atomic E-state index is -0.523. The molecule has 624 valence electrons. The first-order chi connectivity index (χ1) is 65.5. The first kappa shape index (κ1) is 80.6. The zero-order chi connectivity index (χ0) is 88.0. The van der Waals surface area contributed by atoms with Crippen LogP contribution in [0.4, 0.5) is 68.2 Å². The average molecular weight is 1690 g/mol. The second kappa shape index (κ2) is 35.9. The molecule has 0 aromatic heterocycles. The van der Waals surface area contributed by atoms with Gasteiger partial charge in [-0.15, -0.1) is 0 Å². The maximum atomic E-state index is 2.42. The highest BCUT2D eigenvalue weighted by Crippen LogP contribution is 2.59. The van der Waals surface area contributed by atoms with Crippen molar-refractivity contribution in [1.29, 1.82) is 0 Å². The Morgan fingerprint density at radius 2 is 0.265 bits per heavy atom. The minimum absolute atomic E-state index is 0.504. The molecule has 2 aliphatic rings. The maximum absolute atomic E-state index is 2.42. The van der Waals surface area contributed by atoms with Crippen LogP contribution in [0.15, 0.2) is 558 Å². The summed E-state index contributed by atoms with van der Waals surface area (Å²) in [6.07, 6.45) is 0. The molecule has 0 atom stereocenters. The summed E-state index contributed by atoms with van der Waals surface area (Å²) in [5.74, 6) is 0. The molecule has 23 rings (SSSR count). The Hall–Kier alpha value is -17.2. The van der Waals surface area contributed by atoms with Crippen LogP contribution in [-0.2, 0) is 10.8 Å². The van der Waals surface area contributed by atoms with Crippen LogP contribution in [0.25, 0.3) is 77.9 Å². The van der Waals surface area contributed by atoms with Gasteiger partial charge in [-0.2, -0.15) is 0 Å². The standard InChI is InChI=1S/C67H48N2.C61H44N2/c1-5-18-49(19-6-1)52-36-44-60(45-37-52)69(62-27-17-22-56(48-62)67(55-20-7-2-8-21-55)65-30-15-13-28-63(65)64-29-14-16-31-66(64)67)61-46-40-54(41-47-61)51-34-32-50(33-35-51)53-38-42-59(43-39-53)68(57-23-9-3-10-24-57)58-25-11-4-12-26-58;1-5-19-45(20-6-1)47-35-39-52(40-36-47)62(51-26-11-4-12-27-51)55-29-18-30-56(44-55)63(53-41-37-48(38-42-53)46-21-7-2-8-22-46)54-28-17-25-50(43-54)61(49-23-9-3-10-24-49)59-33-15-13-31-57(59)58-32-14-16-34-60(58)61/h1-48H;1-44H. The number of benzene rings is 21. The van der Waals surface area contributed by atoms with E-state index in [0.717, 1.165) is 73.8 Å². The Morgan fingerprint density at radius 3 is 0.523 bits per heavy atom. The topological polar surface area (TPSA) is 13.0 Å². The van der Waals surface area contributed by atoms with Crippen molar-refractivity contribution in [1.82, 2.24) is 0 Å². The van der Waals surface area contributed by atoms with Crippen molar-refractivity contribution in [3.05, 3.63) is 603 Å². The van der Waals surface area contributed by atoms with Crippen molar-refractivity contribution >= 4 is 68.2 Å². The summed E-state index contributed by atoms with van der Waals surface area (Å²) < 4.78 is 0. The molecule has 0 bridgehead atoms. The molecule has 2 aliphatic carbocycles. The molecule has 0 saturated heterocycles. The van der Waals surface area contributed by atoms with Gasteiger partial charge in [-0.25, -0.2) is 0 Å². The lowest BCUT2D eigenvalue weighted by molar-refractivity contribution is 0.768. The second-order valence-electron chi connectivity index (χ2n) is 33.8. The fourth-order valence-electron chi connectivity index (χ4n) is 20.2. The van der Waals surface area contributed by atoms with E-state index >= 15 is 0 Å². The van der Waals surface area contributed by atoms with Gasteiger partial charge in [-0.1, -0.05) is 419 Å². The highest BCUT2D eigenvalue weighted by Gasteiger charge is 2.48. The highest BCUT2D eigenvalue weighted by atomic mass is 15.2. The van der Waals surface area contributed by atoms with Crippen LogP contribution in [0.3, 0.4) is 0 Å². The van der Waals surface area contributed by atoms with E-state index in [2.05, 4.69) is 578 Å². The molecule has 0 unspecified atom stereocenters. The summed E-state index contributed by atoms with van der Waals surface area (Å²) in [5, 5.41) is 0. The van der Waals surface area contributed by atoms with E-state index in [9.17, 15) is 0 Å². The normalized spacial score (nSPS) is 12.2. The van der Waals surface area contributed by atoms with E-state index in [1.54, 1.807) is 0 Å². The number of anilines is 12. The average Bonchev–Trinajstić information content (AvgIpc) is 1.54. The predicted molar refractivity (Wildman–Crippen MR) is 553 cm³/mol. The van der Waals surface area contributed by atoms with Gasteiger partial charge in [0.15, 0.2) is 0 Å². The molecular formula is C128H92N4. The number of hydrogen-bond donors (Lipinski definition) is 0. The predicted octanol–water partition coefficient (Wildman–Crippen LogP) is 34.3. The van der Waals surface area contributed by atoms with E-state index in [1.807, 2.05) is 0 Å². The van der Waals surface area contributed by atoms with Gasteiger partial charge >= 0.3 is 0 Å². The Morgan fingerprint density at radius 1 is 0.106 bits per heavy atom. The van der Waals surface area contributed by atoms with Crippen molar-refractivity contribution < 1.29 is 0 Å². The van der Waals surface area contributed by atoms with E-state index in [4.69, 9.17) is 0 Å². The van der Waals surface area contributed by atoms with Gasteiger partial charge in [0.25, 0.3) is 0 Å². The van der Waals surface area contributed by atoms with Crippen molar-refractivity contribution in [2.24, 2.45) is 0 Å². The summed E-state index contributed by atoms with van der Waals surface area (Å²) in [6.45, 7) is 0. The summed E-state index contributed by atoms with van der Waals surface area (Å²) in [5.41, 5.74) is 39.2. The molecule has 0 spiro atoms. The summed E-state index contributed by atoms with van der Waals surface area (Å²) in [6, 6.07) is 203. The zero-order valence-electron chi connectivity index (χ0n) is 72.9. The molecule has 4 heteroatoms. The molecule has 0 N–H and O–H groups in total. The van der Waals surface area contributed by atoms with Gasteiger partial charge in [0, 0.05) is 68.2 Å². The molecule has 0 amide bonds. The van der Waals surface area contributed by atoms with E-state index < -0.39 is 10.8 Å². The first-order valence-corrected chi connectivity index (χ1v) is 45.4. The third-order valence-electron chi connectivity index (χ3n) is 26.3. The molecular weight excluding hydrogens is 1590 g/mol. The number of fused-ring (bicyclic) bond motifs is 6. The molecule has 4 nitrogen and oxygen atoms in total. The molecule has 21 aromatic carbocycles. The SMILES string of the molecule is c1ccc(-c2ccc(N(c3ccc(-c4ccc(-c5ccc(N(c6ccccc6)c6ccccc6)cc5)cc4)cc3)c3cccc(C4(c5ccccc5)c5ccccc5-c5ccccc54)c3)cc2)cc1.c1ccc(-c2ccc(N(c3ccccc3)c3cccc(N(c4ccc(-c5ccccc5)cc4)c4cccc(C5(c6ccccc6)c6ccccc6-c6ccccc65)c4)c3)cc2)cc1. The number of para-hydroxylation sites is 3. The number of rotatable bonds is 21. The molecule has 0 saturated carbocycles. The van der Waals surface area contributed by atoms with Crippen LogP contribution in [-0.4, -0.2) is 0 Å². The first-order valence-electron chi connectivity index (χ1n) is 45.4. The van der Waals surface area contributed by atoms with Gasteiger partial charge < -0.3 is 19.6 Å². The van der Waals surface area contributed by atoms with Crippen LogP contribution < -0.4 is 19.6 Å². The zero-order valence-corrected chi connectivity index (χ0v) is 72.9. The molecule has 0 aliphatic heterocycles. The Balaban J connectivity index is 0.000000155. The van der Waals surface area contributed by atoms with E-state index in [-0.39, 0.29) is 0 Å². The van der Waals surface area contributed by atoms with Crippen LogP contribution >= 0.6 is 0 Å². The molecule has 132 heavy (non-hydrogen) atoms. The smallest absolute Gasteiger partial charge is 0.0714 e. The highest BCUT2D eigenvalue weighted by molar-refractivity contribution is 5.92. The van der Waals surface area contributed by atoms with Crippen LogP contribution in [0.5, 0.6) is 0 Å². The summed E-state index contributed by atoms with van der Waals surface area (Å²) >= 11 is 0. The van der Waals surface area contributed by atoms with Crippen molar-refractivity contribution in [3.8, 4) is 77.9 Å². The summed E-state index contributed by atoms with van der Waals surface area (Å²) in [7, 11) is 0. The molecule has 21 aromatic rings. The Bertz CT molecular complexity index is 7420. The quantitative estimate of drug-likeness (QED) is 0.0711. The summed E-state index contributed by atoms with van der Waals surface area (Å²) in [4.78, 5) is 9.46. The molecule has 0 radical (unpaired) electrons. The van der Waals surface area contributed by atoms with E-state index in [1.165, 1.54) is 117 Å². The monoisotopic (exact) mass is 1680 g/mol. The van der Waals surface area contributed by atoms with Gasteiger partial charge in [0.05, 0.1) is 10.8 Å². The van der Waals surface area contributed by atoms with Crippen LogP contribution in [0.1, 0.15) is 44.5 Å². The van der Waals surface area contributed by atoms with E-state index in [0.29, 0.717) is 0 Å². The van der Waals surface area contributed by atoms with Gasteiger partial charge in [-0.3, -0.25) is 0 Å². The minimum Gasteiger partial charge on any atom is -0.311 e. The third kappa shape index (κ3) is 15.2. The van der Waals surface area contributed by atoms with Crippen molar-refractivity contribution in [2.75, 3.05) is 19.6 Å². The second-order valence-corrected chi connectivity index (χ2v) is 33.8. The Labute approximate surface area is 773 Å². The van der Waals surface area contributed by atoms with Gasteiger partial charge in [0.1, 0.15) is 0 Å². The van der Waals surface area contributed by atoms with Gasteiger partial charge in [0.2, 0.25) is 0 Å². The number of nitrogens with zero attached hydrogens (tertiary/aromatic N) is 4. The Kier molecular flexibility index (Phi) is 21.9. The lowest BCUT2D eigenvalue weighted by Gasteiger charge is -2.35. The molecule has 0 heterocycles.